The number of H-pyrrole nitrogens is 1. The average molecular weight is 378 g/mol. The highest BCUT2D eigenvalue weighted by molar-refractivity contribution is 14.1. The minimum absolute atomic E-state index is 0.160. The summed E-state index contributed by atoms with van der Waals surface area (Å²) in [4.78, 5) is 22.8. The number of hydrogen-bond donors (Lipinski definition) is 2. The molecular formula is C14H11IN4O. The molecule has 1 aromatic carbocycles. The van der Waals surface area contributed by atoms with Crippen LogP contribution in [0.25, 0.3) is 10.9 Å². The summed E-state index contributed by atoms with van der Waals surface area (Å²) in [6, 6.07) is 9.87. The van der Waals surface area contributed by atoms with Gasteiger partial charge in [0.25, 0.3) is 5.56 Å². The van der Waals surface area contributed by atoms with Gasteiger partial charge in [0.1, 0.15) is 3.57 Å². The van der Waals surface area contributed by atoms with Crippen LogP contribution in [0.4, 0.5) is 11.5 Å². The number of rotatable bonds is 2. The molecule has 0 atom stereocenters. The first-order valence-electron chi connectivity index (χ1n) is 6.02. The molecule has 2 aromatic heterocycles. The van der Waals surface area contributed by atoms with Crippen LogP contribution in [0.1, 0.15) is 5.69 Å². The molecule has 3 rings (SSSR count). The van der Waals surface area contributed by atoms with Crippen LogP contribution in [0.3, 0.4) is 0 Å². The van der Waals surface area contributed by atoms with E-state index in [0.29, 0.717) is 9.39 Å². The Morgan fingerprint density at radius 3 is 2.95 bits per heavy atom. The molecule has 2 N–H and O–H groups in total. The third-order valence-electron chi connectivity index (χ3n) is 2.91. The van der Waals surface area contributed by atoms with Crippen LogP contribution in [-0.4, -0.2) is 15.0 Å². The van der Waals surface area contributed by atoms with E-state index < -0.39 is 0 Å². The number of nitrogens with one attached hydrogen (secondary N) is 2. The largest absolute Gasteiger partial charge is 0.337 e. The number of halogens is 1. The Bertz CT molecular complexity index is 844. The fraction of sp³-hybridized carbons (Fsp3) is 0.0714. The van der Waals surface area contributed by atoms with Crippen LogP contribution >= 0.6 is 22.6 Å². The van der Waals surface area contributed by atoms with E-state index in [4.69, 9.17) is 0 Å². The number of aryl methyl sites for hydroxylation is 1. The maximum absolute atomic E-state index is 11.6. The van der Waals surface area contributed by atoms with Crippen molar-refractivity contribution in [1.29, 1.82) is 0 Å². The molecule has 3 aromatic rings. The van der Waals surface area contributed by atoms with Crippen molar-refractivity contribution in [2.75, 3.05) is 5.32 Å². The van der Waals surface area contributed by atoms with Crippen LogP contribution in [0.5, 0.6) is 0 Å². The van der Waals surface area contributed by atoms with Crippen LogP contribution in [0.2, 0.25) is 0 Å². The number of anilines is 2. The maximum Gasteiger partial charge on any atom is 0.266 e. The fourth-order valence-electron chi connectivity index (χ4n) is 1.94. The van der Waals surface area contributed by atoms with E-state index >= 15 is 0 Å². The first kappa shape index (κ1) is 13.0. The highest BCUT2D eigenvalue weighted by Gasteiger charge is 2.08. The van der Waals surface area contributed by atoms with Crippen LogP contribution < -0.4 is 10.9 Å². The summed E-state index contributed by atoms with van der Waals surface area (Å²) >= 11 is 1.97. The summed E-state index contributed by atoms with van der Waals surface area (Å²) in [5.41, 5.74) is 2.49. The van der Waals surface area contributed by atoms with Gasteiger partial charge in [0, 0.05) is 11.1 Å². The van der Waals surface area contributed by atoms with Crippen molar-refractivity contribution in [3.8, 4) is 0 Å². The van der Waals surface area contributed by atoms with Gasteiger partial charge in [-0.05, 0) is 41.6 Å². The number of nitrogens with zero attached hydrogens (tertiary/aromatic N) is 2. The van der Waals surface area contributed by atoms with Crippen molar-refractivity contribution >= 4 is 45.0 Å². The monoisotopic (exact) mass is 378 g/mol. The first-order chi connectivity index (χ1) is 9.65. The lowest BCUT2D eigenvalue weighted by Crippen LogP contribution is -2.13. The number of fused-ring (bicyclic) bond motifs is 1. The van der Waals surface area contributed by atoms with E-state index in [0.717, 1.165) is 22.3 Å². The Kier molecular flexibility index (Phi) is 3.39. The van der Waals surface area contributed by atoms with Gasteiger partial charge < -0.3 is 10.3 Å². The molecule has 0 bridgehead atoms. The zero-order valence-electron chi connectivity index (χ0n) is 10.6. The minimum Gasteiger partial charge on any atom is -0.337 e. The molecule has 0 aliphatic heterocycles. The lowest BCUT2D eigenvalue weighted by Gasteiger charge is -2.09. The number of aromatic nitrogens is 3. The summed E-state index contributed by atoms with van der Waals surface area (Å²) in [5.74, 6) is 0.533. The summed E-state index contributed by atoms with van der Waals surface area (Å²) in [6.07, 6.45) is 1.39. The summed E-state index contributed by atoms with van der Waals surface area (Å²) in [5, 5.41) is 4.22. The van der Waals surface area contributed by atoms with Crippen molar-refractivity contribution in [1.82, 2.24) is 15.0 Å². The van der Waals surface area contributed by atoms with E-state index in [2.05, 4.69) is 20.3 Å². The molecule has 2 heterocycles. The molecule has 5 nitrogen and oxygen atoms in total. The second kappa shape index (κ2) is 5.20. The Balaban J connectivity index is 2.13. The van der Waals surface area contributed by atoms with E-state index in [9.17, 15) is 4.79 Å². The molecule has 0 aliphatic carbocycles. The molecule has 0 aliphatic rings. The zero-order chi connectivity index (χ0) is 14.1. The number of aromatic amines is 1. The van der Waals surface area contributed by atoms with Gasteiger partial charge in [0.2, 0.25) is 0 Å². The number of hydrogen-bond acceptors (Lipinski definition) is 4. The third kappa shape index (κ3) is 2.38. The summed E-state index contributed by atoms with van der Waals surface area (Å²) in [7, 11) is 0. The molecule has 0 radical (unpaired) electrons. The average Bonchev–Trinajstić information content (AvgIpc) is 2.44. The van der Waals surface area contributed by atoms with Crippen LogP contribution in [0, 0.1) is 10.5 Å². The predicted octanol–water partition coefficient (Wildman–Crippen LogP) is 2.97. The van der Waals surface area contributed by atoms with Gasteiger partial charge in [-0.15, -0.1) is 0 Å². The quantitative estimate of drug-likeness (QED) is 0.673. The van der Waals surface area contributed by atoms with Crippen molar-refractivity contribution in [3.05, 3.63) is 56.3 Å². The van der Waals surface area contributed by atoms with E-state index in [-0.39, 0.29) is 5.56 Å². The molecule has 0 spiro atoms. The molecule has 100 valence electrons. The first-order valence-corrected chi connectivity index (χ1v) is 7.09. The Labute approximate surface area is 128 Å². The van der Waals surface area contributed by atoms with Gasteiger partial charge in [-0.3, -0.25) is 9.78 Å². The molecule has 0 unspecified atom stereocenters. The van der Waals surface area contributed by atoms with Crippen molar-refractivity contribution in [2.24, 2.45) is 0 Å². The third-order valence-corrected chi connectivity index (χ3v) is 3.91. The summed E-state index contributed by atoms with van der Waals surface area (Å²) in [6.45, 7) is 1.95. The van der Waals surface area contributed by atoms with Gasteiger partial charge >= 0.3 is 0 Å². The van der Waals surface area contributed by atoms with Gasteiger partial charge in [-0.2, -0.15) is 0 Å². The second-order valence-electron chi connectivity index (χ2n) is 4.35. The lowest BCUT2D eigenvalue weighted by atomic mass is 10.1. The van der Waals surface area contributed by atoms with Gasteiger partial charge in [-0.1, -0.05) is 18.2 Å². The predicted molar refractivity (Wildman–Crippen MR) is 87.3 cm³/mol. The second-order valence-corrected chi connectivity index (χ2v) is 5.43. The zero-order valence-corrected chi connectivity index (χ0v) is 12.8. The molecule has 6 heteroatoms. The van der Waals surface area contributed by atoms with Crippen LogP contribution in [-0.2, 0) is 0 Å². The van der Waals surface area contributed by atoms with Crippen molar-refractivity contribution in [2.45, 2.75) is 6.92 Å². The number of benzene rings is 1. The summed E-state index contributed by atoms with van der Waals surface area (Å²) < 4.78 is 0.523. The SMILES string of the molecule is Cc1ccc2cccc(Nc3nc[nH]c(=O)c3I)c2n1. The minimum atomic E-state index is -0.160. The highest BCUT2D eigenvalue weighted by atomic mass is 127. The maximum atomic E-state index is 11.6. The smallest absolute Gasteiger partial charge is 0.266 e. The normalized spacial score (nSPS) is 10.7. The molecular weight excluding hydrogens is 367 g/mol. The van der Waals surface area contributed by atoms with Crippen LogP contribution in [0.15, 0.2) is 41.5 Å². The Morgan fingerprint density at radius 2 is 2.10 bits per heavy atom. The molecule has 0 saturated heterocycles. The Hall–Kier alpha value is -1.96. The molecule has 0 fully saturated rings. The molecule has 0 amide bonds. The van der Waals surface area contributed by atoms with Gasteiger partial charge in [0.05, 0.1) is 17.5 Å². The fourth-order valence-corrected chi connectivity index (χ4v) is 2.37. The van der Waals surface area contributed by atoms with E-state index in [1.807, 2.05) is 59.8 Å². The van der Waals surface area contributed by atoms with Crippen molar-refractivity contribution in [3.63, 3.8) is 0 Å². The van der Waals surface area contributed by atoms with E-state index in [1.54, 1.807) is 0 Å². The highest BCUT2D eigenvalue weighted by Crippen LogP contribution is 2.25. The van der Waals surface area contributed by atoms with E-state index in [1.165, 1.54) is 6.33 Å². The van der Waals surface area contributed by atoms with Gasteiger partial charge in [0.15, 0.2) is 5.82 Å². The Morgan fingerprint density at radius 1 is 1.25 bits per heavy atom. The van der Waals surface area contributed by atoms with Gasteiger partial charge in [-0.25, -0.2) is 4.98 Å². The number of para-hydroxylation sites is 1. The standard InChI is InChI=1S/C14H11IN4O/c1-8-5-6-9-3-2-4-10(12(9)18-8)19-13-11(15)14(20)17-7-16-13/h2-7H,1H3,(H2,16,17,19,20). The molecule has 0 saturated carbocycles. The number of pyridine rings is 1. The lowest BCUT2D eigenvalue weighted by molar-refractivity contribution is 1.10. The molecule has 20 heavy (non-hydrogen) atoms. The van der Waals surface area contributed by atoms with Crippen molar-refractivity contribution < 1.29 is 0 Å². The topological polar surface area (TPSA) is 70.7 Å².